The third-order valence-corrected chi connectivity index (χ3v) is 3.05. The van der Waals surface area contributed by atoms with E-state index in [9.17, 15) is 8.42 Å². The van der Waals surface area contributed by atoms with Crippen LogP contribution in [0.2, 0.25) is 0 Å². The predicted molar refractivity (Wildman–Crippen MR) is 51.6 cm³/mol. The van der Waals surface area contributed by atoms with E-state index in [1.165, 1.54) is 6.20 Å². The lowest BCUT2D eigenvalue weighted by molar-refractivity contribution is 0.397. The summed E-state index contributed by atoms with van der Waals surface area (Å²) in [6.07, 6.45) is 1.49. The van der Waals surface area contributed by atoms with Gasteiger partial charge in [0.2, 0.25) is 0 Å². The van der Waals surface area contributed by atoms with Crippen molar-refractivity contribution < 1.29 is 12.6 Å². The van der Waals surface area contributed by atoms with E-state index in [2.05, 4.69) is 25.1 Å². The molecule has 0 radical (unpaired) electrons. The Labute approximate surface area is 85.2 Å². The van der Waals surface area contributed by atoms with Crippen LogP contribution in [0.1, 0.15) is 5.56 Å². The van der Waals surface area contributed by atoms with Crippen LogP contribution in [0.4, 0.5) is 0 Å². The molecule has 0 aliphatic rings. The molecule has 1 heterocycles. The first-order chi connectivity index (χ1) is 6.03. The van der Waals surface area contributed by atoms with Gasteiger partial charge >= 0.3 is 0 Å². The van der Waals surface area contributed by atoms with Crippen molar-refractivity contribution in [3.8, 4) is 0 Å². The van der Waals surface area contributed by atoms with E-state index in [-0.39, 0.29) is 5.75 Å². The summed E-state index contributed by atoms with van der Waals surface area (Å²) in [6.45, 7) is 0. The predicted octanol–water partition coefficient (Wildman–Crippen LogP) is 1.32. The largest absolute Gasteiger partial charge is 0.273 e. The molecule has 0 aliphatic heterocycles. The van der Waals surface area contributed by atoms with Gasteiger partial charge in [0.25, 0.3) is 10.1 Å². The molecule has 0 N–H and O–H groups in total. The van der Waals surface area contributed by atoms with Crippen molar-refractivity contribution in [2.75, 3.05) is 7.11 Å². The van der Waals surface area contributed by atoms with Crippen LogP contribution in [0.5, 0.6) is 0 Å². The van der Waals surface area contributed by atoms with E-state index in [4.69, 9.17) is 0 Å². The second-order valence-electron chi connectivity index (χ2n) is 2.36. The van der Waals surface area contributed by atoms with Gasteiger partial charge in [-0.3, -0.25) is 4.18 Å². The summed E-state index contributed by atoms with van der Waals surface area (Å²) in [7, 11) is -2.30. The maximum atomic E-state index is 11.0. The van der Waals surface area contributed by atoms with Crippen molar-refractivity contribution in [3.63, 3.8) is 0 Å². The number of rotatable bonds is 3. The van der Waals surface area contributed by atoms with Crippen molar-refractivity contribution in [2.45, 2.75) is 5.75 Å². The van der Waals surface area contributed by atoms with Gasteiger partial charge in [-0.2, -0.15) is 8.42 Å². The van der Waals surface area contributed by atoms with Crippen LogP contribution in [-0.4, -0.2) is 20.5 Å². The minimum absolute atomic E-state index is 0.149. The molecule has 6 heteroatoms. The Bertz CT molecular complexity index is 373. The Morgan fingerprint density at radius 1 is 1.54 bits per heavy atom. The molecule has 0 aromatic carbocycles. The van der Waals surface area contributed by atoms with E-state index < -0.39 is 10.1 Å². The van der Waals surface area contributed by atoms with E-state index in [1.807, 2.05) is 0 Å². The third kappa shape index (κ3) is 3.41. The first-order valence-corrected chi connectivity index (χ1v) is 5.79. The molecular formula is C7H8BrNO3S. The van der Waals surface area contributed by atoms with Crippen molar-refractivity contribution >= 4 is 26.0 Å². The normalized spacial score (nSPS) is 11.5. The molecule has 4 nitrogen and oxygen atoms in total. The third-order valence-electron chi connectivity index (χ3n) is 1.39. The number of aromatic nitrogens is 1. The van der Waals surface area contributed by atoms with E-state index >= 15 is 0 Å². The molecular weight excluding hydrogens is 258 g/mol. The molecule has 0 unspecified atom stereocenters. The molecule has 1 rings (SSSR count). The Hall–Kier alpha value is -0.460. The Balaban J connectivity index is 2.82. The zero-order valence-electron chi connectivity index (χ0n) is 6.90. The fourth-order valence-corrected chi connectivity index (χ4v) is 1.69. The van der Waals surface area contributed by atoms with Crippen LogP contribution in [-0.2, 0) is 20.1 Å². The van der Waals surface area contributed by atoms with Crippen LogP contribution in [0.25, 0.3) is 0 Å². The second kappa shape index (κ2) is 4.17. The molecule has 0 saturated heterocycles. The van der Waals surface area contributed by atoms with Crippen LogP contribution in [0.3, 0.4) is 0 Å². The number of hydrogen-bond donors (Lipinski definition) is 0. The number of hydrogen-bond acceptors (Lipinski definition) is 4. The highest BCUT2D eigenvalue weighted by Gasteiger charge is 2.09. The Morgan fingerprint density at radius 2 is 2.23 bits per heavy atom. The fraction of sp³-hybridized carbons (Fsp3) is 0.286. The minimum Gasteiger partial charge on any atom is -0.273 e. The summed E-state index contributed by atoms with van der Waals surface area (Å²) in [5.74, 6) is -0.149. The summed E-state index contributed by atoms with van der Waals surface area (Å²) in [6, 6.07) is 3.36. The summed E-state index contributed by atoms with van der Waals surface area (Å²) in [5, 5.41) is 0. The Kier molecular flexibility index (Phi) is 3.40. The molecule has 13 heavy (non-hydrogen) atoms. The average molecular weight is 266 g/mol. The van der Waals surface area contributed by atoms with Gasteiger partial charge in [-0.25, -0.2) is 4.98 Å². The van der Waals surface area contributed by atoms with Crippen LogP contribution in [0, 0.1) is 0 Å². The maximum absolute atomic E-state index is 11.0. The van der Waals surface area contributed by atoms with E-state index in [0.29, 0.717) is 10.2 Å². The number of pyridine rings is 1. The van der Waals surface area contributed by atoms with E-state index in [1.54, 1.807) is 12.1 Å². The molecule has 0 bridgehead atoms. The van der Waals surface area contributed by atoms with Crippen molar-refractivity contribution in [3.05, 3.63) is 28.5 Å². The summed E-state index contributed by atoms with van der Waals surface area (Å²) < 4.78 is 27.0. The highest BCUT2D eigenvalue weighted by atomic mass is 79.9. The van der Waals surface area contributed by atoms with Gasteiger partial charge in [0.1, 0.15) is 10.4 Å². The topological polar surface area (TPSA) is 56.3 Å². The molecule has 0 saturated carbocycles. The molecule has 1 aromatic rings. The lowest BCUT2D eigenvalue weighted by Gasteiger charge is -2.00. The monoisotopic (exact) mass is 265 g/mol. The first-order valence-electron chi connectivity index (χ1n) is 3.42. The minimum atomic E-state index is -3.44. The molecule has 0 aliphatic carbocycles. The van der Waals surface area contributed by atoms with Gasteiger partial charge in [-0.05, 0) is 27.6 Å². The van der Waals surface area contributed by atoms with Gasteiger partial charge in [-0.15, -0.1) is 0 Å². The SMILES string of the molecule is COS(=O)(=O)Cc1ccc(Br)nc1. The Morgan fingerprint density at radius 3 is 2.69 bits per heavy atom. The van der Waals surface area contributed by atoms with Crippen molar-refractivity contribution in [2.24, 2.45) is 0 Å². The smallest absolute Gasteiger partial charge is 0.271 e. The number of halogens is 1. The van der Waals surface area contributed by atoms with Crippen LogP contribution in [0.15, 0.2) is 22.9 Å². The molecule has 0 amide bonds. The quantitative estimate of drug-likeness (QED) is 0.611. The molecule has 0 atom stereocenters. The molecule has 0 spiro atoms. The maximum Gasteiger partial charge on any atom is 0.271 e. The van der Waals surface area contributed by atoms with Crippen molar-refractivity contribution in [1.29, 1.82) is 0 Å². The van der Waals surface area contributed by atoms with Gasteiger partial charge in [0.15, 0.2) is 0 Å². The van der Waals surface area contributed by atoms with Gasteiger partial charge < -0.3 is 0 Å². The lowest BCUT2D eigenvalue weighted by Crippen LogP contribution is -2.05. The fourth-order valence-electron chi connectivity index (χ4n) is 0.755. The first kappa shape index (κ1) is 10.6. The summed E-state index contributed by atoms with van der Waals surface area (Å²) >= 11 is 3.15. The van der Waals surface area contributed by atoms with Crippen molar-refractivity contribution in [1.82, 2.24) is 4.98 Å². The van der Waals surface area contributed by atoms with Crippen LogP contribution < -0.4 is 0 Å². The van der Waals surface area contributed by atoms with Gasteiger partial charge in [0, 0.05) is 6.20 Å². The summed E-state index contributed by atoms with van der Waals surface area (Å²) in [5.41, 5.74) is 0.602. The van der Waals surface area contributed by atoms with Crippen LogP contribution >= 0.6 is 15.9 Å². The number of nitrogens with zero attached hydrogens (tertiary/aromatic N) is 1. The lowest BCUT2D eigenvalue weighted by atomic mass is 10.3. The summed E-state index contributed by atoms with van der Waals surface area (Å²) in [4.78, 5) is 3.89. The van der Waals surface area contributed by atoms with E-state index in [0.717, 1.165) is 7.11 Å². The molecule has 0 fully saturated rings. The second-order valence-corrected chi connectivity index (χ2v) is 4.91. The average Bonchev–Trinajstić information content (AvgIpc) is 2.09. The zero-order valence-corrected chi connectivity index (χ0v) is 9.30. The van der Waals surface area contributed by atoms with Gasteiger partial charge in [0.05, 0.1) is 7.11 Å². The highest BCUT2D eigenvalue weighted by Crippen LogP contribution is 2.09. The highest BCUT2D eigenvalue weighted by molar-refractivity contribution is 9.10. The zero-order chi connectivity index (χ0) is 9.90. The standard InChI is InChI=1S/C7H8BrNO3S/c1-12-13(10,11)5-6-2-3-7(8)9-4-6/h2-4H,5H2,1H3. The van der Waals surface area contributed by atoms with Gasteiger partial charge in [-0.1, -0.05) is 6.07 Å². The molecule has 72 valence electrons. The molecule has 1 aromatic heterocycles.